The van der Waals surface area contributed by atoms with E-state index in [1.165, 1.54) is 16.4 Å². The van der Waals surface area contributed by atoms with Gasteiger partial charge in [0.1, 0.15) is 5.75 Å². The number of fused-ring (bicyclic) bond motifs is 1. The number of hydrogen-bond acceptors (Lipinski definition) is 4. The molecule has 3 aromatic rings. The topological polar surface area (TPSA) is 75.7 Å². The molecule has 0 aromatic heterocycles. The number of anilines is 2. The van der Waals surface area contributed by atoms with E-state index in [2.05, 4.69) is 35.1 Å². The van der Waals surface area contributed by atoms with Gasteiger partial charge in [-0.15, -0.1) is 0 Å². The number of nitrogens with zero attached hydrogens (tertiary/aromatic N) is 1. The van der Waals surface area contributed by atoms with E-state index in [0.29, 0.717) is 47.0 Å². The molecule has 1 amide bonds. The average molecular weight is 543 g/mol. The van der Waals surface area contributed by atoms with Gasteiger partial charge in [-0.1, -0.05) is 32.0 Å². The smallest absolute Gasteiger partial charge is 0.264 e. The number of para-hydroxylation sites is 1. The highest BCUT2D eigenvalue weighted by Crippen LogP contribution is 2.33. The minimum absolute atomic E-state index is 0.188. The molecule has 34 heavy (non-hydrogen) atoms. The van der Waals surface area contributed by atoms with Crippen molar-refractivity contribution >= 4 is 43.2 Å². The van der Waals surface area contributed by atoms with Crippen LogP contribution in [0.4, 0.5) is 11.4 Å². The summed E-state index contributed by atoms with van der Waals surface area (Å²) in [5.74, 6) is 0.949. The molecule has 178 valence electrons. The van der Waals surface area contributed by atoms with E-state index in [0.717, 1.165) is 17.7 Å². The molecule has 0 radical (unpaired) electrons. The Morgan fingerprint density at radius 3 is 2.53 bits per heavy atom. The molecule has 1 aliphatic heterocycles. The lowest BCUT2D eigenvalue weighted by Crippen LogP contribution is -2.29. The molecule has 0 saturated carbocycles. The molecule has 0 saturated heterocycles. The third-order valence-corrected chi connectivity index (χ3v) is 8.14. The van der Waals surface area contributed by atoms with Crippen LogP contribution in [0.3, 0.4) is 0 Å². The number of carbonyl (C=O) groups excluding carboxylic acids is 1. The van der Waals surface area contributed by atoms with Crippen LogP contribution in [0, 0.1) is 5.92 Å². The maximum Gasteiger partial charge on any atom is 0.264 e. The molecule has 0 fully saturated rings. The Morgan fingerprint density at radius 1 is 1.09 bits per heavy atom. The monoisotopic (exact) mass is 542 g/mol. The average Bonchev–Trinajstić information content (AvgIpc) is 3.25. The number of benzene rings is 3. The molecule has 0 aliphatic carbocycles. The lowest BCUT2D eigenvalue weighted by Gasteiger charge is -2.19. The van der Waals surface area contributed by atoms with Crippen molar-refractivity contribution in [3.8, 4) is 5.75 Å². The molecular formula is C26H27BrN2O4S. The largest absolute Gasteiger partial charge is 0.492 e. The van der Waals surface area contributed by atoms with Crippen LogP contribution in [0.1, 0.15) is 36.2 Å². The van der Waals surface area contributed by atoms with Crippen molar-refractivity contribution in [1.82, 2.24) is 0 Å². The molecule has 3 aromatic carbocycles. The van der Waals surface area contributed by atoms with Crippen molar-refractivity contribution < 1.29 is 17.9 Å². The van der Waals surface area contributed by atoms with E-state index in [1.807, 2.05) is 24.3 Å². The zero-order chi connectivity index (χ0) is 24.3. The zero-order valence-electron chi connectivity index (χ0n) is 19.1. The zero-order valence-corrected chi connectivity index (χ0v) is 21.5. The first-order valence-corrected chi connectivity index (χ1v) is 13.4. The van der Waals surface area contributed by atoms with Gasteiger partial charge in [-0.05, 0) is 88.8 Å². The second-order valence-electron chi connectivity index (χ2n) is 8.61. The summed E-state index contributed by atoms with van der Waals surface area (Å²) in [6.45, 7) is 5.31. The molecule has 0 bridgehead atoms. The maximum absolute atomic E-state index is 13.2. The number of sulfonamides is 1. The first-order valence-electron chi connectivity index (χ1n) is 11.2. The lowest BCUT2D eigenvalue weighted by molar-refractivity contribution is 0.102. The van der Waals surface area contributed by atoms with Crippen LogP contribution in [-0.4, -0.2) is 27.5 Å². The van der Waals surface area contributed by atoms with Crippen LogP contribution in [0.25, 0.3) is 0 Å². The predicted molar refractivity (Wildman–Crippen MR) is 138 cm³/mol. The van der Waals surface area contributed by atoms with Crippen molar-refractivity contribution in [1.29, 1.82) is 0 Å². The summed E-state index contributed by atoms with van der Waals surface area (Å²) in [5, 5.41) is 2.82. The van der Waals surface area contributed by atoms with Crippen molar-refractivity contribution in [2.75, 3.05) is 22.8 Å². The fourth-order valence-electron chi connectivity index (χ4n) is 3.76. The molecule has 0 spiro atoms. The third kappa shape index (κ3) is 5.28. The Morgan fingerprint density at radius 2 is 1.82 bits per heavy atom. The molecular weight excluding hydrogens is 516 g/mol. The molecule has 8 heteroatoms. The van der Waals surface area contributed by atoms with E-state index in [4.69, 9.17) is 4.74 Å². The summed E-state index contributed by atoms with van der Waals surface area (Å²) >= 11 is 3.47. The number of hydrogen-bond donors (Lipinski definition) is 1. The van der Waals surface area contributed by atoms with Crippen LogP contribution in [0.15, 0.2) is 76.1 Å². The van der Waals surface area contributed by atoms with Gasteiger partial charge in [0.25, 0.3) is 15.9 Å². The van der Waals surface area contributed by atoms with Crippen LogP contribution in [-0.2, 0) is 16.4 Å². The molecule has 0 unspecified atom stereocenters. The normalized spacial score (nSPS) is 13.1. The van der Waals surface area contributed by atoms with Crippen molar-refractivity contribution in [3.63, 3.8) is 0 Å². The van der Waals surface area contributed by atoms with Crippen LogP contribution in [0.5, 0.6) is 5.75 Å². The van der Waals surface area contributed by atoms with Crippen molar-refractivity contribution in [2.24, 2.45) is 5.92 Å². The van der Waals surface area contributed by atoms with Crippen LogP contribution < -0.4 is 14.4 Å². The first kappa shape index (κ1) is 24.3. The predicted octanol–water partition coefficient (Wildman–Crippen LogP) is 5.88. The molecule has 6 nitrogen and oxygen atoms in total. The Balaban J connectivity index is 1.43. The number of carbonyl (C=O) groups is 1. The quantitative estimate of drug-likeness (QED) is 0.385. The highest BCUT2D eigenvalue weighted by Gasteiger charge is 2.30. The summed E-state index contributed by atoms with van der Waals surface area (Å²) in [6, 6.07) is 19.0. The van der Waals surface area contributed by atoms with Crippen molar-refractivity contribution in [3.05, 3.63) is 82.3 Å². The third-order valence-electron chi connectivity index (χ3n) is 5.69. The first-order chi connectivity index (χ1) is 16.3. The number of amides is 1. The summed E-state index contributed by atoms with van der Waals surface area (Å²) in [5.41, 5.74) is 2.73. The minimum Gasteiger partial charge on any atom is -0.492 e. The SMILES string of the molecule is CC(C)CCOc1ccc(C(=O)Nc2ccc(S(=O)(=O)N3CCc4ccccc43)cc2)cc1Br. The highest BCUT2D eigenvalue weighted by atomic mass is 79.9. The lowest BCUT2D eigenvalue weighted by atomic mass is 10.1. The summed E-state index contributed by atoms with van der Waals surface area (Å²) < 4.78 is 34.2. The van der Waals surface area contributed by atoms with E-state index >= 15 is 0 Å². The standard InChI is InChI=1S/C26H27BrN2O4S/c1-18(2)14-16-33-25-12-7-20(17-23(25)27)26(30)28-21-8-10-22(11-9-21)34(31,32)29-15-13-19-5-3-4-6-24(19)29/h3-12,17-18H,13-16H2,1-2H3,(H,28,30). The second-order valence-corrected chi connectivity index (χ2v) is 11.3. The van der Waals surface area contributed by atoms with Gasteiger partial charge in [-0.2, -0.15) is 0 Å². The summed E-state index contributed by atoms with van der Waals surface area (Å²) in [7, 11) is -3.67. The van der Waals surface area contributed by atoms with Gasteiger partial charge in [0.15, 0.2) is 0 Å². The number of rotatable bonds is 8. The van der Waals surface area contributed by atoms with Gasteiger partial charge in [0, 0.05) is 17.8 Å². The van der Waals surface area contributed by atoms with Gasteiger partial charge in [0.05, 0.1) is 21.7 Å². The fourth-order valence-corrected chi connectivity index (χ4v) is 5.76. The van der Waals surface area contributed by atoms with Crippen LogP contribution in [0.2, 0.25) is 0 Å². The maximum atomic E-state index is 13.2. The molecule has 1 heterocycles. The van der Waals surface area contributed by atoms with Crippen LogP contribution >= 0.6 is 15.9 Å². The van der Waals surface area contributed by atoms with Gasteiger partial charge in [0.2, 0.25) is 0 Å². The number of nitrogens with one attached hydrogen (secondary N) is 1. The Hall–Kier alpha value is -2.84. The molecule has 0 atom stereocenters. The van der Waals surface area contributed by atoms with E-state index in [9.17, 15) is 13.2 Å². The Bertz CT molecular complexity index is 1290. The van der Waals surface area contributed by atoms with Crippen molar-refractivity contribution in [2.45, 2.75) is 31.6 Å². The minimum atomic E-state index is -3.67. The summed E-state index contributed by atoms with van der Waals surface area (Å²) in [4.78, 5) is 12.9. The van der Waals surface area contributed by atoms with E-state index in [1.54, 1.807) is 30.3 Å². The van der Waals surface area contributed by atoms with Gasteiger partial charge in [-0.3, -0.25) is 9.10 Å². The van der Waals surface area contributed by atoms with Gasteiger partial charge < -0.3 is 10.1 Å². The molecule has 1 aliphatic rings. The number of halogens is 1. The Kier molecular flexibility index (Phi) is 7.28. The fraction of sp³-hybridized carbons (Fsp3) is 0.269. The second kappa shape index (κ2) is 10.2. The number of ether oxygens (including phenoxy) is 1. The van der Waals surface area contributed by atoms with E-state index < -0.39 is 10.0 Å². The van der Waals surface area contributed by atoms with E-state index in [-0.39, 0.29) is 10.8 Å². The van der Waals surface area contributed by atoms with Gasteiger partial charge in [-0.25, -0.2) is 8.42 Å². The Labute approximate surface area is 209 Å². The molecule has 4 rings (SSSR count). The molecule has 1 N–H and O–H groups in total. The van der Waals surface area contributed by atoms with Gasteiger partial charge >= 0.3 is 0 Å². The summed E-state index contributed by atoms with van der Waals surface area (Å²) in [6.07, 6.45) is 1.64. The highest BCUT2D eigenvalue weighted by molar-refractivity contribution is 9.10.